The molecule has 0 aromatic heterocycles. The molecular formula is C29H32Cl3N3O5S. The lowest BCUT2D eigenvalue weighted by molar-refractivity contribution is -0.140. The fourth-order valence-electron chi connectivity index (χ4n) is 4.15. The van der Waals surface area contributed by atoms with Crippen LogP contribution in [0.1, 0.15) is 32.8 Å². The number of hydrogen-bond acceptors (Lipinski definition) is 5. The van der Waals surface area contributed by atoms with Crippen LogP contribution in [0.15, 0.2) is 71.6 Å². The molecule has 0 aliphatic rings. The van der Waals surface area contributed by atoms with Gasteiger partial charge in [0, 0.05) is 17.6 Å². The molecule has 0 radical (unpaired) electrons. The Balaban J connectivity index is 2.07. The Morgan fingerprint density at radius 2 is 1.56 bits per heavy atom. The highest BCUT2D eigenvalue weighted by Gasteiger charge is 2.34. The summed E-state index contributed by atoms with van der Waals surface area (Å²) in [7, 11) is -2.75. The molecule has 1 N–H and O–H groups in total. The number of anilines is 1. The van der Waals surface area contributed by atoms with Gasteiger partial charge in [0.2, 0.25) is 11.8 Å². The third kappa shape index (κ3) is 8.29. The van der Waals surface area contributed by atoms with Crippen molar-refractivity contribution < 1.29 is 22.7 Å². The average Bonchev–Trinajstić information content (AvgIpc) is 2.93. The van der Waals surface area contributed by atoms with Gasteiger partial charge in [-0.3, -0.25) is 13.9 Å². The predicted octanol–water partition coefficient (Wildman–Crippen LogP) is 6.18. The minimum absolute atomic E-state index is 0.00319. The highest BCUT2D eigenvalue weighted by molar-refractivity contribution is 7.92. The maximum absolute atomic E-state index is 14.1. The lowest BCUT2D eigenvalue weighted by atomic mass is 10.1. The van der Waals surface area contributed by atoms with Crippen LogP contribution in [0, 0.1) is 0 Å². The fraction of sp³-hybridized carbons (Fsp3) is 0.310. The molecule has 1 atom stereocenters. The number of rotatable bonds is 12. The largest absolute Gasteiger partial charge is 0.497 e. The van der Waals surface area contributed by atoms with Crippen LogP contribution in [0.4, 0.5) is 5.69 Å². The molecule has 3 rings (SSSR count). The molecule has 0 fully saturated rings. The van der Waals surface area contributed by atoms with E-state index in [1.165, 1.54) is 60.5 Å². The molecule has 0 heterocycles. The van der Waals surface area contributed by atoms with E-state index in [4.69, 9.17) is 39.5 Å². The van der Waals surface area contributed by atoms with Crippen LogP contribution >= 0.6 is 34.8 Å². The van der Waals surface area contributed by atoms with Crippen LogP contribution < -0.4 is 14.4 Å². The van der Waals surface area contributed by atoms with E-state index in [0.29, 0.717) is 26.4 Å². The van der Waals surface area contributed by atoms with Crippen LogP contribution in [-0.2, 0) is 26.2 Å². The van der Waals surface area contributed by atoms with E-state index in [0.717, 1.165) is 4.31 Å². The molecular weight excluding hydrogens is 609 g/mol. The van der Waals surface area contributed by atoms with E-state index in [-0.39, 0.29) is 35.5 Å². The number of halogens is 3. The van der Waals surface area contributed by atoms with Crippen molar-refractivity contribution in [2.45, 2.75) is 50.7 Å². The first-order chi connectivity index (χ1) is 19.4. The third-order valence-electron chi connectivity index (χ3n) is 6.19. The molecule has 0 spiro atoms. The normalized spacial score (nSPS) is 12.1. The number of amides is 2. The van der Waals surface area contributed by atoms with Crippen molar-refractivity contribution in [1.82, 2.24) is 10.2 Å². The van der Waals surface area contributed by atoms with Crippen LogP contribution in [0.2, 0.25) is 15.1 Å². The van der Waals surface area contributed by atoms with Crippen LogP contribution in [-0.4, -0.2) is 50.9 Å². The molecule has 220 valence electrons. The van der Waals surface area contributed by atoms with Crippen LogP contribution in [0.5, 0.6) is 5.75 Å². The number of benzene rings is 3. The predicted molar refractivity (Wildman–Crippen MR) is 163 cm³/mol. The van der Waals surface area contributed by atoms with Crippen molar-refractivity contribution in [2.75, 3.05) is 18.0 Å². The monoisotopic (exact) mass is 639 g/mol. The van der Waals surface area contributed by atoms with Gasteiger partial charge in [0.1, 0.15) is 18.3 Å². The molecule has 0 saturated carbocycles. The van der Waals surface area contributed by atoms with Gasteiger partial charge in [0.15, 0.2) is 0 Å². The number of nitrogens with zero attached hydrogens (tertiary/aromatic N) is 2. The first-order valence-electron chi connectivity index (χ1n) is 12.8. The third-order valence-corrected chi connectivity index (χ3v) is 8.97. The summed E-state index contributed by atoms with van der Waals surface area (Å²) in [4.78, 5) is 28.6. The average molecular weight is 641 g/mol. The maximum Gasteiger partial charge on any atom is 0.264 e. The van der Waals surface area contributed by atoms with Crippen molar-refractivity contribution in [1.29, 1.82) is 0 Å². The van der Waals surface area contributed by atoms with Gasteiger partial charge >= 0.3 is 0 Å². The first-order valence-corrected chi connectivity index (χ1v) is 15.4. The van der Waals surface area contributed by atoms with E-state index in [2.05, 4.69) is 5.32 Å². The lowest BCUT2D eigenvalue weighted by Gasteiger charge is -2.33. The number of carbonyl (C=O) groups is 2. The maximum atomic E-state index is 14.1. The molecule has 1 unspecified atom stereocenters. The summed E-state index contributed by atoms with van der Waals surface area (Å²) in [6.45, 7) is 4.84. The zero-order valence-corrected chi connectivity index (χ0v) is 26.2. The fourth-order valence-corrected chi connectivity index (χ4v) is 6.01. The Bertz CT molecular complexity index is 1470. The van der Waals surface area contributed by atoms with E-state index < -0.39 is 28.5 Å². The summed E-state index contributed by atoms with van der Waals surface area (Å²) in [6.07, 6.45) is 0.289. The Labute approximate surface area is 256 Å². The number of methoxy groups -OCH3 is 1. The molecule has 2 amide bonds. The van der Waals surface area contributed by atoms with Gasteiger partial charge in [0.05, 0.1) is 27.7 Å². The Morgan fingerprint density at radius 1 is 0.927 bits per heavy atom. The molecule has 3 aromatic carbocycles. The lowest BCUT2D eigenvalue weighted by Crippen LogP contribution is -2.53. The van der Waals surface area contributed by atoms with Crippen molar-refractivity contribution in [2.24, 2.45) is 0 Å². The first kappa shape index (κ1) is 32.5. The van der Waals surface area contributed by atoms with Crippen LogP contribution in [0.25, 0.3) is 0 Å². The summed E-state index contributed by atoms with van der Waals surface area (Å²) in [6, 6.07) is 15.8. The number of sulfonamides is 1. The van der Waals surface area contributed by atoms with Gasteiger partial charge in [-0.25, -0.2) is 8.42 Å². The van der Waals surface area contributed by atoms with Gasteiger partial charge in [-0.2, -0.15) is 0 Å². The van der Waals surface area contributed by atoms with Gasteiger partial charge in [-0.1, -0.05) is 47.8 Å². The van der Waals surface area contributed by atoms with E-state index >= 15 is 0 Å². The molecule has 0 bridgehead atoms. The standard InChI is InChI=1S/C29H32Cl3N3O5S/c1-5-27(29(37)33-19(2)3)34(17-20-6-15-25(31)26(32)16-20)28(36)18-35(22-9-7-21(30)8-10-22)41(38,39)24-13-11-23(40-4)12-14-24/h6-16,19,27H,5,17-18H2,1-4H3,(H,33,37). The molecule has 0 saturated heterocycles. The Hall–Kier alpha value is -2.98. The molecule has 8 nitrogen and oxygen atoms in total. The number of hydrogen-bond donors (Lipinski definition) is 1. The molecule has 0 aliphatic heterocycles. The summed E-state index contributed by atoms with van der Waals surface area (Å²) >= 11 is 18.4. The topological polar surface area (TPSA) is 96.0 Å². The van der Waals surface area contributed by atoms with Gasteiger partial charge in [-0.05, 0) is 86.5 Å². The van der Waals surface area contributed by atoms with E-state index in [9.17, 15) is 18.0 Å². The smallest absolute Gasteiger partial charge is 0.264 e. The number of carbonyl (C=O) groups excluding carboxylic acids is 2. The summed E-state index contributed by atoms with van der Waals surface area (Å²) in [5, 5.41) is 3.89. The summed E-state index contributed by atoms with van der Waals surface area (Å²) in [5.41, 5.74) is 0.854. The number of ether oxygens (including phenoxy) is 1. The van der Waals surface area contributed by atoms with Crippen molar-refractivity contribution in [3.63, 3.8) is 0 Å². The minimum Gasteiger partial charge on any atom is -0.497 e. The Morgan fingerprint density at radius 3 is 2.10 bits per heavy atom. The van der Waals surface area contributed by atoms with Gasteiger partial charge < -0.3 is 15.0 Å². The van der Waals surface area contributed by atoms with Gasteiger partial charge in [0.25, 0.3) is 10.0 Å². The molecule has 41 heavy (non-hydrogen) atoms. The van der Waals surface area contributed by atoms with Crippen molar-refractivity contribution >= 4 is 62.3 Å². The number of nitrogens with one attached hydrogen (secondary N) is 1. The van der Waals surface area contributed by atoms with Crippen molar-refractivity contribution in [3.8, 4) is 5.75 Å². The zero-order chi connectivity index (χ0) is 30.3. The summed E-state index contributed by atoms with van der Waals surface area (Å²) in [5.74, 6) is -0.464. The van der Waals surface area contributed by atoms with Gasteiger partial charge in [-0.15, -0.1) is 0 Å². The second-order valence-corrected chi connectivity index (χ2v) is 12.6. The zero-order valence-electron chi connectivity index (χ0n) is 23.1. The highest BCUT2D eigenvalue weighted by Crippen LogP contribution is 2.28. The van der Waals surface area contributed by atoms with E-state index in [1.54, 1.807) is 25.1 Å². The van der Waals surface area contributed by atoms with E-state index in [1.807, 2.05) is 13.8 Å². The van der Waals surface area contributed by atoms with Crippen molar-refractivity contribution in [3.05, 3.63) is 87.4 Å². The molecule has 12 heteroatoms. The molecule has 0 aliphatic carbocycles. The summed E-state index contributed by atoms with van der Waals surface area (Å²) < 4.78 is 34.0. The minimum atomic E-state index is -4.23. The highest BCUT2D eigenvalue weighted by atomic mass is 35.5. The second-order valence-electron chi connectivity index (χ2n) is 9.52. The second kappa shape index (κ2) is 14.3. The van der Waals surface area contributed by atoms with Crippen LogP contribution in [0.3, 0.4) is 0 Å². The SMILES string of the molecule is CCC(C(=O)NC(C)C)N(Cc1ccc(Cl)c(Cl)c1)C(=O)CN(c1ccc(Cl)cc1)S(=O)(=O)c1ccc(OC)cc1. The quantitative estimate of drug-likeness (QED) is 0.255. The molecule has 3 aromatic rings. The Kier molecular flexibility index (Phi) is 11.3.